The second-order valence-electron chi connectivity index (χ2n) is 4.18. The zero-order chi connectivity index (χ0) is 14.3. The topological polar surface area (TPSA) is 82.0 Å². The number of carbonyl (C=O) groups is 2. The summed E-state index contributed by atoms with van der Waals surface area (Å²) in [5.74, 6) is -0.581. The van der Waals surface area contributed by atoms with E-state index < -0.39 is 6.04 Å². The lowest BCUT2D eigenvalue weighted by molar-refractivity contribution is -0.122. The number of nitrogens with zero attached hydrogens (tertiary/aromatic N) is 1. The minimum absolute atomic E-state index is 0.216. The molecule has 5 heteroatoms. The summed E-state index contributed by atoms with van der Waals surface area (Å²) >= 11 is 0. The summed E-state index contributed by atoms with van der Waals surface area (Å²) in [7, 11) is 0. The Kier molecular flexibility index (Phi) is 5.55. The molecule has 100 valence electrons. The Hall–Kier alpha value is -2.35. The highest BCUT2D eigenvalue weighted by Gasteiger charge is 2.16. The summed E-state index contributed by atoms with van der Waals surface area (Å²) in [5, 5.41) is 14.1. The third kappa shape index (κ3) is 4.43. The molecule has 0 saturated heterocycles. The van der Waals surface area contributed by atoms with Crippen LogP contribution in [-0.4, -0.2) is 24.4 Å². The van der Waals surface area contributed by atoms with E-state index in [4.69, 9.17) is 5.26 Å². The molecule has 2 amide bonds. The lowest BCUT2D eigenvalue weighted by Crippen LogP contribution is -2.45. The number of rotatable bonds is 5. The molecule has 0 aliphatic rings. The van der Waals surface area contributed by atoms with Crippen molar-refractivity contribution in [3.8, 4) is 6.07 Å². The Morgan fingerprint density at radius 1 is 1.42 bits per heavy atom. The van der Waals surface area contributed by atoms with E-state index in [1.807, 2.05) is 13.0 Å². The molecular weight excluding hydrogens is 242 g/mol. The van der Waals surface area contributed by atoms with Crippen LogP contribution < -0.4 is 10.6 Å². The van der Waals surface area contributed by atoms with Crippen molar-refractivity contribution < 1.29 is 9.59 Å². The fourth-order valence-electron chi connectivity index (χ4n) is 1.48. The van der Waals surface area contributed by atoms with Crippen LogP contribution in [0.5, 0.6) is 0 Å². The van der Waals surface area contributed by atoms with Crippen LogP contribution in [0.3, 0.4) is 0 Å². The van der Waals surface area contributed by atoms with Crippen molar-refractivity contribution in [1.82, 2.24) is 10.6 Å². The number of benzene rings is 1. The van der Waals surface area contributed by atoms with Gasteiger partial charge >= 0.3 is 0 Å². The summed E-state index contributed by atoms with van der Waals surface area (Å²) in [4.78, 5) is 23.5. The molecular formula is C14H17N3O2. The number of nitriles is 1. The average molecular weight is 259 g/mol. The van der Waals surface area contributed by atoms with Crippen molar-refractivity contribution >= 4 is 11.8 Å². The van der Waals surface area contributed by atoms with Crippen LogP contribution in [0.1, 0.15) is 36.2 Å². The van der Waals surface area contributed by atoms with Crippen LogP contribution in [-0.2, 0) is 4.79 Å². The van der Waals surface area contributed by atoms with Gasteiger partial charge in [-0.15, -0.1) is 0 Å². The van der Waals surface area contributed by atoms with Crippen LogP contribution >= 0.6 is 0 Å². The molecule has 0 aliphatic heterocycles. The van der Waals surface area contributed by atoms with E-state index >= 15 is 0 Å². The molecule has 1 atom stereocenters. The van der Waals surface area contributed by atoms with Gasteiger partial charge in [-0.05, 0) is 31.5 Å². The highest BCUT2D eigenvalue weighted by atomic mass is 16.2. The maximum atomic E-state index is 11.9. The molecule has 0 fully saturated rings. The maximum absolute atomic E-state index is 11.9. The molecule has 1 aromatic carbocycles. The van der Waals surface area contributed by atoms with E-state index in [-0.39, 0.29) is 11.8 Å². The summed E-state index contributed by atoms with van der Waals surface area (Å²) < 4.78 is 0. The van der Waals surface area contributed by atoms with Crippen molar-refractivity contribution in [2.45, 2.75) is 26.3 Å². The Bertz CT molecular complexity index is 506. The quantitative estimate of drug-likeness (QED) is 0.833. The van der Waals surface area contributed by atoms with Crippen molar-refractivity contribution in [3.05, 3.63) is 35.4 Å². The Morgan fingerprint density at radius 2 is 2.16 bits per heavy atom. The minimum atomic E-state index is -0.607. The van der Waals surface area contributed by atoms with Gasteiger partial charge in [-0.25, -0.2) is 0 Å². The first-order chi connectivity index (χ1) is 9.08. The molecule has 2 N–H and O–H groups in total. The van der Waals surface area contributed by atoms with Gasteiger partial charge < -0.3 is 10.6 Å². The summed E-state index contributed by atoms with van der Waals surface area (Å²) in [5.41, 5.74) is 0.782. The number of hydrogen-bond acceptors (Lipinski definition) is 3. The molecule has 0 aliphatic carbocycles. The zero-order valence-electron chi connectivity index (χ0n) is 11.1. The molecule has 0 bridgehead atoms. The predicted molar refractivity (Wildman–Crippen MR) is 71.4 cm³/mol. The van der Waals surface area contributed by atoms with E-state index in [0.717, 1.165) is 6.42 Å². The van der Waals surface area contributed by atoms with Crippen molar-refractivity contribution in [2.24, 2.45) is 0 Å². The van der Waals surface area contributed by atoms with Gasteiger partial charge in [0.05, 0.1) is 11.6 Å². The van der Waals surface area contributed by atoms with Crippen LogP contribution in [0.15, 0.2) is 24.3 Å². The van der Waals surface area contributed by atoms with Gasteiger partial charge in [0.15, 0.2) is 0 Å². The first-order valence-electron chi connectivity index (χ1n) is 6.17. The highest BCUT2D eigenvalue weighted by molar-refractivity contribution is 5.97. The van der Waals surface area contributed by atoms with Gasteiger partial charge in [0.1, 0.15) is 6.04 Å². The van der Waals surface area contributed by atoms with Crippen LogP contribution in [0.2, 0.25) is 0 Å². The molecule has 19 heavy (non-hydrogen) atoms. The standard InChI is InChI=1S/C14H17N3O2/c1-3-7-16-13(18)10(2)17-14(19)12-6-4-5-11(8-12)9-15/h4-6,8,10H,3,7H2,1-2H3,(H,16,18)(H,17,19). The summed E-state index contributed by atoms with van der Waals surface area (Å²) in [6, 6.07) is 7.71. The first kappa shape index (κ1) is 14.7. The number of hydrogen-bond donors (Lipinski definition) is 2. The van der Waals surface area contributed by atoms with E-state index in [2.05, 4.69) is 10.6 Å². The molecule has 1 unspecified atom stereocenters. The number of carbonyl (C=O) groups excluding carboxylic acids is 2. The second kappa shape index (κ2) is 7.17. The molecule has 0 spiro atoms. The molecule has 0 saturated carbocycles. The lowest BCUT2D eigenvalue weighted by Gasteiger charge is -2.13. The second-order valence-corrected chi connectivity index (χ2v) is 4.18. The monoisotopic (exact) mass is 259 g/mol. The predicted octanol–water partition coefficient (Wildman–Crippen LogP) is 1.20. The number of amides is 2. The van der Waals surface area contributed by atoms with E-state index in [9.17, 15) is 9.59 Å². The third-order valence-corrected chi connectivity index (χ3v) is 2.54. The Labute approximate surface area is 112 Å². The number of nitrogens with one attached hydrogen (secondary N) is 2. The SMILES string of the molecule is CCCNC(=O)C(C)NC(=O)c1cccc(C#N)c1. The fraction of sp³-hybridized carbons (Fsp3) is 0.357. The molecule has 1 rings (SSSR count). The molecule has 1 aromatic rings. The van der Waals surface area contributed by atoms with Crippen molar-refractivity contribution in [3.63, 3.8) is 0 Å². The van der Waals surface area contributed by atoms with Crippen LogP contribution in [0.4, 0.5) is 0 Å². The normalized spacial score (nSPS) is 11.2. The Balaban J connectivity index is 2.64. The maximum Gasteiger partial charge on any atom is 0.251 e. The lowest BCUT2D eigenvalue weighted by atomic mass is 10.1. The van der Waals surface area contributed by atoms with Gasteiger partial charge in [0.2, 0.25) is 5.91 Å². The zero-order valence-corrected chi connectivity index (χ0v) is 11.1. The molecule has 0 heterocycles. The van der Waals surface area contributed by atoms with E-state index in [1.54, 1.807) is 25.1 Å². The van der Waals surface area contributed by atoms with Gasteiger partial charge in [0, 0.05) is 12.1 Å². The van der Waals surface area contributed by atoms with E-state index in [1.165, 1.54) is 6.07 Å². The molecule has 0 aromatic heterocycles. The Morgan fingerprint density at radius 3 is 2.79 bits per heavy atom. The van der Waals surface area contributed by atoms with Gasteiger partial charge in [-0.3, -0.25) is 9.59 Å². The van der Waals surface area contributed by atoms with Crippen molar-refractivity contribution in [2.75, 3.05) is 6.54 Å². The smallest absolute Gasteiger partial charge is 0.251 e. The van der Waals surface area contributed by atoms with Gasteiger partial charge in [-0.2, -0.15) is 5.26 Å². The summed E-state index contributed by atoms with van der Waals surface area (Å²) in [6.45, 7) is 4.16. The fourth-order valence-corrected chi connectivity index (χ4v) is 1.48. The van der Waals surface area contributed by atoms with Gasteiger partial charge in [0.25, 0.3) is 5.91 Å². The van der Waals surface area contributed by atoms with Crippen LogP contribution in [0, 0.1) is 11.3 Å². The van der Waals surface area contributed by atoms with Crippen molar-refractivity contribution in [1.29, 1.82) is 5.26 Å². The summed E-state index contributed by atoms with van der Waals surface area (Å²) in [6.07, 6.45) is 0.844. The molecule has 5 nitrogen and oxygen atoms in total. The van der Waals surface area contributed by atoms with Crippen LogP contribution in [0.25, 0.3) is 0 Å². The van der Waals surface area contributed by atoms with E-state index in [0.29, 0.717) is 17.7 Å². The van der Waals surface area contributed by atoms with Gasteiger partial charge in [-0.1, -0.05) is 13.0 Å². The minimum Gasteiger partial charge on any atom is -0.354 e. The largest absolute Gasteiger partial charge is 0.354 e. The highest BCUT2D eigenvalue weighted by Crippen LogP contribution is 2.04. The first-order valence-corrected chi connectivity index (χ1v) is 6.17. The molecule has 0 radical (unpaired) electrons. The average Bonchev–Trinajstić information content (AvgIpc) is 2.44. The third-order valence-electron chi connectivity index (χ3n) is 2.54.